The number of carbonyl (C=O) groups is 1. The highest BCUT2D eigenvalue weighted by Gasteiger charge is 1.99. The third-order valence-electron chi connectivity index (χ3n) is 3.29. The molecule has 4 heteroatoms. The molecule has 0 aliphatic rings. The normalized spacial score (nSPS) is 10.6. The largest absolute Gasteiger partial charge is 0.788 e. The molecule has 114 valence electrons. The molecule has 19 heavy (non-hydrogen) atoms. The number of carbonyl (C=O) groups excluding carboxylic acids is 1. The summed E-state index contributed by atoms with van der Waals surface area (Å²) in [4.78, 5) is 11.4. The lowest BCUT2D eigenvalue weighted by Crippen LogP contribution is -2.25. The smallest absolute Gasteiger partial charge is 0.219 e. The average molecular weight is 271 g/mol. The fraction of sp³-hybridized carbons (Fsp3) is 0.933. The van der Waals surface area contributed by atoms with Crippen LogP contribution in [-0.4, -0.2) is 19.0 Å². The number of hydrogen-bond acceptors (Lipinski definition) is 3. The highest BCUT2D eigenvalue weighted by atomic mass is 16.5. The van der Waals surface area contributed by atoms with E-state index in [1.807, 2.05) is 5.48 Å². The van der Waals surface area contributed by atoms with Crippen LogP contribution in [-0.2, 0) is 4.79 Å². The van der Waals surface area contributed by atoms with Crippen LogP contribution in [0.4, 0.5) is 0 Å². The van der Waals surface area contributed by atoms with Crippen LogP contribution in [0.1, 0.15) is 77.6 Å². The Labute approximate surface area is 118 Å². The summed E-state index contributed by atoms with van der Waals surface area (Å²) >= 11 is 0. The highest BCUT2D eigenvalue weighted by Crippen LogP contribution is 2.10. The first-order valence-electron chi connectivity index (χ1n) is 7.93. The number of amides is 1. The number of unbranched alkanes of at least 4 members (excludes halogenated alkanes) is 8. The van der Waals surface area contributed by atoms with E-state index in [0.29, 0.717) is 25.9 Å². The highest BCUT2D eigenvalue weighted by molar-refractivity contribution is 5.75. The second-order valence-corrected chi connectivity index (χ2v) is 5.18. The monoisotopic (exact) mass is 271 g/mol. The molecular formula is C15H31N2O2-. The van der Waals surface area contributed by atoms with E-state index < -0.39 is 0 Å². The molecule has 0 unspecified atom stereocenters. The summed E-state index contributed by atoms with van der Waals surface area (Å²) in [5.41, 5.74) is 1.82. The van der Waals surface area contributed by atoms with Crippen molar-refractivity contribution in [1.82, 2.24) is 10.8 Å². The maximum absolute atomic E-state index is 11.4. The van der Waals surface area contributed by atoms with Gasteiger partial charge in [-0.05, 0) is 19.4 Å². The van der Waals surface area contributed by atoms with Crippen LogP contribution in [0.15, 0.2) is 0 Å². The average Bonchev–Trinajstić information content (AvgIpc) is 2.42. The van der Waals surface area contributed by atoms with Crippen molar-refractivity contribution in [3.63, 3.8) is 0 Å². The van der Waals surface area contributed by atoms with Crippen LogP contribution in [0, 0.1) is 5.21 Å². The maximum Gasteiger partial charge on any atom is 0.219 e. The van der Waals surface area contributed by atoms with E-state index in [1.54, 1.807) is 0 Å². The van der Waals surface area contributed by atoms with Gasteiger partial charge >= 0.3 is 0 Å². The predicted molar refractivity (Wildman–Crippen MR) is 80.8 cm³/mol. The molecule has 0 saturated heterocycles. The topological polar surface area (TPSA) is 64.2 Å². The Morgan fingerprint density at radius 2 is 1.42 bits per heavy atom. The molecule has 1 amide bonds. The van der Waals surface area contributed by atoms with Crippen LogP contribution in [0.5, 0.6) is 0 Å². The Kier molecular flexibility index (Phi) is 15.0. The van der Waals surface area contributed by atoms with E-state index in [9.17, 15) is 10.0 Å². The zero-order chi connectivity index (χ0) is 14.2. The summed E-state index contributed by atoms with van der Waals surface area (Å²) in [6.07, 6.45) is 12.8. The predicted octanol–water partition coefficient (Wildman–Crippen LogP) is 3.50. The minimum atomic E-state index is 0.119. The first kappa shape index (κ1) is 18.4. The van der Waals surface area contributed by atoms with Crippen LogP contribution in [0.25, 0.3) is 0 Å². The van der Waals surface area contributed by atoms with Gasteiger partial charge in [0.15, 0.2) is 0 Å². The van der Waals surface area contributed by atoms with E-state index in [1.165, 1.54) is 44.9 Å². The first-order chi connectivity index (χ1) is 9.31. The third-order valence-corrected chi connectivity index (χ3v) is 3.29. The molecule has 0 spiro atoms. The van der Waals surface area contributed by atoms with E-state index in [2.05, 4.69) is 12.2 Å². The summed E-state index contributed by atoms with van der Waals surface area (Å²) < 4.78 is 0. The molecule has 0 rings (SSSR count). The number of hydroxylamine groups is 1. The van der Waals surface area contributed by atoms with Crippen LogP contribution in [0.3, 0.4) is 0 Å². The Morgan fingerprint density at radius 1 is 0.842 bits per heavy atom. The molecular weight excluding hydrogens is 240 g/mol. The Bertz CT molecular complexity index is 199. The quantitative estimate of drug-likeness (QED) is 0.375. The lowest BCUT2D eigenvalue weighted by Gasteiger charge is -2.08. The standard InChI is InChI=1S/C15H31N2O2/c1-2-3-4-5-6-7-8-9-10-12-15(18)16-13-11-14-17-19/h17H,2-14H2,1H3,(H,16,18)/q-1. The molecule has 0 bridgehead atoms. The summed E-state index contributed by atoms with van der Waals surface area (Å²) in [5, 5.41) is 12.8. The van der Waals surface area contributed by atoms with Gasteiger partial charge in [-0.3, -0.25) is 4.79 Å². The van der Waals surface area contributed by atoms with Gasteiger partial charge in [-0.2, -0.15) is 0 Å². The van der Waals surface area contributed by atoms with E-state index in [0.717, 1.165) is 12.8 Å². The number of hydrogen-bond donors (Lipinski definition) is 2. The van der Waals surface area contributed by atoms with Crippen molar-refractivity contribution >= 4 is 5.91 Å². The van der Waals surface area contributed by atoms with E-state index in [4.69, 9.17) is 0 Å². The van der Waals surface area contributed by atoms with Gasteiger partial charge in [0.1, 0.15) is 0 Å². The van der Waals surface area contributed by atoms with Crippen molar-refractivity contribution in [3.8, 4) is 0 Å². The second-order valence-electron chi connectivity index (χ2n) is 5.18. The number of nitrogens with one attached hydrogen (secondary N) is 2. The van der Waals surface area contributed by atoms with Crippen LogP contribution < -0.4 is 10.8 Å². The summed E-state index contributed by atoms with van der Waals surface area (Å²) in [5.74, 6) is 0.119. The van der Waals surface area contributed by atoms with Crippen molar-refractivity contribution in [3.05, 3.63) is 5.21 Å². The summed E-state index contributed by atoms with van der Waals surface area (Å²) in [6.45, 7) is 3.26. The Hall–Kier alpha value is -0.610. The van der Waals surface area contributed by atoms with Gasteiger partial charge in [0.05, 0.1) is 0 Å². The molecule has 2 N–H and O–H groups in total. The zero-order valence-electron chi connectivity index (χ0n) is 12.5. The lowest BCUT2D eigenvalue weighted by atomic mass is 10.1. The Balaban J connectivity index is 3.10. The molecule has 4 nitrogen and oxygen atoms in total. The van der Waals surface area contributed by atoms with Crippen LogP contribution in [0.2, 0.25) is 0 Å². The number of rotatable bonds is 14. The minimum Gasteiger partial charge on any atom is -0.788 e. The van der Waals surface area contributed by atoms with E-state index in [-0.39, 0.29) is 5.91 Å². The Morgan fingerprint density at radius 3 is 2.00 bits per heavy atom. The van der Waals surface area contributed by atoms with Gasteiger partial charge in [-0.1, -0.05) is 58.3 Å². The molecule has 0 radical (unpaired) electrons. The van der Waals surface area contributed by atoms with Crippen LogP contribution >= 0.6 is 0 Å². The first-order valence-corrected chi connectivity index (χ1v) is 7.93. The zero-order valence-corrected chi connectivity index (χ0v) is 12.5. The van der Waals surface area contributed by atoms with Crippen molar-refractivity contribution in [2.45, 2.75) is 77.6 Å². The SMILES string of the molecule is CCCCCCCCCCCC(=O)NCCCN[O-]. The van der Waals surface area contributed by atoms with Crippen molar-refractivity contribution in [1.29, 1.82) is 0 Å². The third kappa shape index (κ3) is 15.3. The summed E-state index contributed by atoms with van der Waals surface area (Å²) in [6, 6.07) is 0. The van der Waals surface area contributed by atoms with Crippen molar-refractivity contribution in [2.75, 3.05) is 13.1 Å². The molecule has 0 aliphatic heterocycles. The second kappa shape index (κ2) is 15.4. The van der Waals surface area contributed by atoms with Gasteiger partial charge in [-0.15, -0.1) is 0 Å². The fourth-order valence-corrected chi connectivity index (χ4v) is 2.07. The molecule has 0 aromatic carbocycles. The molecule has 0 atom stereocenters. The van der Waals surface area contributed by atoms with Crippen molar-refractivity contribution < 1.29 is 4.79 Å². The van der Waals surface area contributed by atoms with E-state index >= 15 is 0 Å². The minimum absolute atomic E-state index is 0.119. The molecule has 0 aromatic rings. The summed E-state index contributed by atoms with van der Waals surface area (Å²) in [7, 11) is 0. The lowest BCUT2D eigenvalue weighted by molar-refractivity contribution is -0.121. The molecule has 0 fully saturated rings. The molecule has 0 saturated carbocycles. The molecule has 0 aromatic heterocycles. The maximum atomic E-state index is 11.4. The fourth-order valence-electron chi connectivity index (χ4n) is 2.07. The molecule has 0 heterocycles. The van der Waals surface area contributed by atoms with Crippen molar-refractivity contribution in [2.24, 2.45) is 0 Å². The van der Waals surface area contributed by atoms with Gasteiger partial charge < -0.3 is 16.0 Å². The van der Waals surface area contributed by atoms with Gasteiger partial charge in [0, 0.05) is 13.0 Å². The van der Waals surface area contributed by atoms with Gasteiger partial charge in [0.25, 0.3) is 0 Å². The van der Waals surface area contributed by atoms with Gasteiger partial charge in [-0.25, -0.2) is 0 Å². The van der Waals surface area contributed by atoms with Gasteiger partial charge in [0.2, 0.25) is 5.91 Å². The molecule has 0 aliphatic carbocycles.